The smallest absolute Gasteiger partial charge is 0.238 e. The number of nitrogens with zero attached hydrogens (tertiary/aromatic N) is 1. The summed E-state index contributed by atoms with van der Waals surface area (Å²) in [5.74, 6) is 2.19. The van der Waals surface area contributed by atoms with Crippen molar-refractivity contribution in [3.8, 4) is 11.5 Å². The molecule has 0 aliphatic heterocycles. The quantitative estimate of drug-likeness (QED) is 0.793. The highest BCUT2D eigenvalue weighted by Crippen LogP contribution is 2.30. The Labute approximate surface area is 143 Å². The van der Waals surface area contributed by atoms with Gasteiger partial charge in [0.15, 0.2) is 5.75 Å². The molecular weight excluding hydrogens is 300 g/mol. The Morgan fingerprint density at radius 3 is 2.54 bits per heavy atom. The zero-order valence-corrected chi connectivity index (χ0v) is 14.1. The van der Waals surface area contributed by atoms with Crippen LogP contribution in [0, 0.1) is 5.92 Å². The number of rotatable bonds is 8. The Morgan fingerprint density at radius 2 is 1.83 bits per heavy atom. The first-order valence-electron chi connectivity index (χ1n) is 8.58. The van der Waals surface area contributed by atoms with Crippen LogP contribution in [0.1, 0.15) is 19.8 Å². The summed E-state index contributed by atoms with van der Waals surface area (Å²) in [5.41, 5.74) is 0.703. The highest BCUT2D eigenvalue weighted by atomic mass is 16.5. The maximum atomic E-state index is 12.4. The molecule has 1 N–H and O–H groups in total. The van der Waals surface area contributed by atoms with Crippen LogP contribution in [0.2, 0.25) is 0 Å². The second-order valence-corrected chi connectivity index (χ2v) is 6.23. The molecule has 1 amide bonds. The predicted molar refractivity (Wildman–Crippen MR) is 96.4 cm³/mol. The van der Waals surface area contributed by atoms with Crippen LogP contribution in [-0.4, -0.2) is 30.4 Å². The van der Waals surface area contributed by atoms with Crippen molar-refractivity contribution < 1.29 is 9.53 Å². The van der Waals surface area contributed by atoms with Gasteiger partial charge in [-0.3, -0.25) is 9.69 Å². The molecule has 0 heterocycles. The first-order valence-corrected chi connectivity index (χ1v) is 8.58. The van der Waals surface area contributed by atoms with E-state index >= 15 is 0 Å². The van der Waals surface area contributed by atoms with Crippen LogP contribution in [0.5, 0.6) is 11.5 Å². The fraction of sp³-hybridized carbons (Fsp3) is 0.350. The Kier molecular flexibility index (Phi) is 5.49. The third-order valence-corrected chi connectivity index (χ3v) is 4.16. The first-order chi connectivity index (χ1) is 11.7. The minimum Gasteiger partial charge on any atom is -0.455 e. The van der Waals surface area contributed by atoms with Crippen LogP contribution >= 0.6 is 0 Å². The molecule has 4 nitrogen and oxygen atoms in total. The summed E-state index contributed by atoms with van der Waals surface area (Å²) in [6, 6.07) is 17.1. The number of hydrogen-bond acceptors (Lipinski definition) is 3. The lowest BCUT2D eigenvalue weighted by atomic mass is 10.2. The summed E-state index contributed by atoms with van der Waals surface area (Å²) < 4.78 is 5.89. The van der Waals surface area contributed by atoms with E-state index in [9.17, 15) is 4.79 Å². The number of hydrogen-bond donors (Lipinski definition) is 1. The average Bonchev–Trinajstić information content (AvgIpc) is 3.41. The van der Waals surface area contributed by atoms with Crippen LogP contribution < -0.4 is 10.1 Å². The fourth-order valence-corrected chi connectivity index (χ4v) is 2.64. The second kappa shape index (κ2) is 7.97. The number of nitrogens with one attached hydrogen (secondary N) is 1. The van der Waals surface area contributed by atoms with Gasteiger partial charge in [0.05, 0.1) is 12.2 Å². The monoisotopic (exact) mass is 324 g/mol. The highest BCUT2D eigenvalue weighted by molar-refractivity contribution is 5.93. The van der Waals surface area contributed by atoms with Crippen molar-refractivity contribution in [3.63, 3.8) is 0 Å². The third kappa shape index (κ3) is 4.83. The normalized spacial score (nSPS) is 13.8. The van der Waals surface area contributed by atoms with Crippen molar-refractivity contribution >= 4 is 11.6 Å². The number of anilines is 1. The van der Waals surface area contributed by atoms with Gasteiger partial charge in [0.2, 0.25) is 5.91 Å². The lowest BCUT2D eigenvalue weighted by molar-refractivity contribution is -0.117. The van der Waals surface area contributed by atoms with E-state index in [2.05, 4.69) is 17.1 Å². The van der Waals surface area contributed by atoms with E-state index in [-0.39, 0.29) is 5.91 Å². The van der Waals surface area contributed by atoms with E-state index in [4.69, 9.17) is 4.74 Å². The number of amides is 1. The van der Waals surface area contributed by atoms with Crippen LogP contribution in [0.4, 0.5) is 5.69 Å². The van der Waals surface area contributed by atoms with Gasteiger partial charge < -0.3 is 10.1 Å². The molecule has 0 spiro atoms. The number of likely N-dealkylation sites (N-methyl/N-ethyl adjacent to an activating group) is 1. The molecule has 0 bridgehead atoms. The maximum Gasteiger partial charge on any atom is 0.238 e. The lowest BCUT2D eigenvalue weighted by Crippen LogP contribution is -2.34. The molecule has 24 heavy (non-hydrogen) atoms. The van der Waals surface area contributed by atoms with Gasteiger partial charge in [-0.2, -0.15) is 0 Å². The topological polar surface area (TPSA) is 41.6 Å². The summed E-state index contributed by atoms with van der Waals surface area (Å²) in [4.78, 5) is 14.6. The van der Waals surface area contributed by atoms with Crippen LogP contribution in [0.15, 0.2) is 54.6 Å². The fourth-order valence-electron chi connectivity index (χ4n) is 2.64. The molecule has 0 unspecified atom stereocenters. The van der Waals surface area contributed by atoms with E-state index in [0.717, 1.165) is 24.8 Å². The summed E-state index contributed by atoms with van der Waals surface area (Å²) in [7, 11) is 0. The number of ether oxygens (including phenoxy) is 1. The number of benzene rings is 2. The van der Waals surface area contributed by atoms with Crippen LogP contribution in [0.3, 0.4) is 0 Å². The van der Waals surface area contributed by atoms with Crippen molar-refractivity contribution in [3.05, 3.63) is 54.6 Å². The second-order valence-electron chi connectivity index (χ2n) is 6.23. The molecule has 0 atom stereocenters. The van der Waals surface area contributed by atoms with Gasteiger partial charge in [-0.25, -0.2) is 0 Å². The summed E-state index contributed by atoms with van der Waals surface area (Å²) in [6.45, 7) is 4.44. The molecule has 2 aromatic carbocycles. The van der Waals surface area contributed by atoms with Crippen molar-refractivity contribution in [1.29, 1.82) is 0 Å². The largest absolute Gasteiger partial charge is 0.455 e. The molecule has 4 heteroatoms. The molecule has 1 aliphatic carbocycles. The minimum absolute atomic E-state index is 0.00149. The van der Waals surface area contributed by atoms with E-state index in [1.165, 1.54) is 12.8 Å². The van der Waals surface area contributed by atoms with Gasteiger partial charge in [-0.05, 0) is 49.6 Å². The van der Waals surface area contributed by atoms with Crippen molar-refractivity contribution in [2.45, 2.75) is 19.8 Å². The van der Waals surface area contributed by atoms with Crippen molar-refractivity contribution in [2.75, 3.05) is 25.0 Å². The molecular formula is C20H24N2O2. The average molecular weight is 324 g/mol. The molecule has 2 aromatic rings. The Bertz CT molecular complexity index is 668. The summed E-state index contributed by atoms with van der Waals surface area (Å²) >= 11 is 0. The van der Waals surface area contributed by atoms with Crippen LogP contribution in [0.25, 0.3) is 0 Å². The van der Waals surface area contributed by atoms with Gasteiger partial charge in [0.25, 0.3) is 0 Å². The molecule has 0 saturated heterocycles. The van der Waals surface area contributed by atoms with Crippen LogP contribution in [-0.2, 0) is 4.79 Å². The predicted octanol–water partition coefficient (Wildman–Crippen LogP) is 4.15. The highest BCUT2D eigenvalue weighted by Gasteiger charge is 2.24. The van der Waals surface area contributed by atoms with Crippen molar-refractivity contribution in [1.82, 2.24) is 4.90 Å². The van der Waals surface area contributed by atoms with E-state index in [1.807, 2.05) is 54.6 Å². The Morgan fingerprint density at radius 1 is 1.12 bits per heavy atom. The molecule has 0 radical (unpaired) electrons. The summed E-state index contributed by atoms with van der Waals surface area (Å²) in [5, 5.41) is 2.98. The first kappa shape index (κ1) is 16.5. The van der Waals surface area contributed by atoms with E-state index < -0.39 is 0 Å². The minimum atomic E-state index is 0.00149. The summed E-state index contributed by atoms with van der Waals surface area (Å²) in [6.07, 6.45) is 2.59. The molecule has 3 rings (SSSR count). The number of carbonyl (C=O) groups is 1. The van der Waals surface area contributed by atoms with Gasteiger partial charge in [0.1, 0.15) is 5.75 Å². The molecule has 1 aliphatic rings. The van der Waals surface area contributed by atoms with E-state index in [1.54, 1.807) is 0 Å². The third-order valence-electron chi connectivity index (χ3n) is 4.16. The zero-order valence-electron chi connectivity index (χ0n) is 14.1. The maximum absolute atomic E-state index is 12.4. The Balaban J connectivity index is 1.62. The van der Waals surface area contributed by atoms with Gasteiger partial charge in [-0.15, -0.1) is 0 Å². The number of carbonyl (C=O) groups excluding carboxylic acids is 1. The molecule has 1 fully saturated rings. The zero-order chi connectivity index (χ0) is 16.8. The number of para-hydroxylation sites is 3. The molecule has 126 valence electrons. The van der Waals surface area contributed by atoms with Crippen molar-refractivity contribution in [2.24, 2.45) is 5.92 Å². The van der Waals surface area contributed by atoms with Gasteiger partial charge in [-0.1, -0.05) is 37.3 Å². The van der Waals surface area contributed by atoms with E-state index in [0.29, 0.717) is 18.0 Å². The SMILES string of the molecule is CCN(CC(=O)Nc1ccccc1Oc1ccccc1)CC1CC1. The van der Waals surface area contributed by atoms with Gasteiger partial charge in [0, 0.05) is 6.54 Å². The molecule has 1 saturated carbocycles. The molecule has 0 aromatic heterocycles. The standard InChI is InChI=1S/C20H24N2O2/c1-2-22(14-16-12-13-16)15-20(23)21-18-10-6-7-11-19(18)24-17-8-4-3-5-9-17/h3-11,16H,2,12-15H2,1H3,(H,21,23). The lowest BCUT2D eigenvalue weighted by Gasteiger charge is -2.20. The van der Waals surface area contributed by atoms with Gasteiger partial charge >= 0.3 is 0 Å². The Hall–Kier alpha value is -2.33.